The van der Waals surface area contributed by atoms with Crippen molar-refractivity contribution in [2.45, 2.75) is 38.1 Å². The molecule has 0 aromatic rings. The number of nitrogens with one attached hydrogen (secondary N) is 1. The second-order valence-corrected chi connectivity index (χ2v) is 4.87. The first-order chi connectivity index (χ1) is 8.58. The van der Waals surface area contributed by atoms with E-state index in [-0.39, 0.29) is 24.9 Å². The van der Waals surface area contributed by atoms with Gasteiger partial charge in [-0.1, -0.05) is 0 Å². The molecule has 6 heteroatoms. The van der Waals surface area contributed by atoms with E-state index in [0.717, 1.165) is 25.7 Å². The van der Waals surface area contributed by atoms with Crippen molar-refractivity contribution < 1.29 is 19.8 Å². The van der Waals surface area contributed by atoms with Gasteiger partial charge < -0.3 is 21.3 Å². The fourth-order valence-electron chi connectivity index (χ4n) is 2.34. The van der Waals surface area contributed by atoms with Crippen molar-refractivity contribution in [3.05, 3.63) is 0 Å². The van der Waals surface area contributed by atoms with Gasteiger partial charge in [0.1, 0.15) is 6.04 Å². The van der Waals surface area contributed by atoms with Crippen molar-refractivity contribution in [3.8, 4) is 0 Å². The molecule has 0 heterocycles. The lowest BCUT2D eigenvalue weighted by Gasteiger charge is -2.27. The average molecular weight is 258 g/mol. The highest BCUT2D eigenvalue weighted by Crippen LogP contribution is 2.28. The summed E-state index contributed by atoms with van der Waals surface area (Å²) < 4.78 is 0. The first-order valence-electron chi connectivity index (χ1n) is 6.42. The molecule has 1 rings (SSSR count). The number of rotatable bonds is 6. The average Bonchev–Trinajstić information content (AvgIpc) is 2.38. The normalized spacial score (nSPS) is 25.4. The van der Waals surface area contributed by atoms with Crippen LogP contribution in [0.25, 0.3) is 0 Å². The van der Waals surface area contributed by atoms with Crippen molar-refractivity contribution in [1.29, 1.82) is 0 Å². The van der Waals surface area contributed by atoms with Gasteiger partial charge in [-0.25, -0.2) is 4.79 Å². The van der Waals surface area contributed by atoms with Gasteiger partial charge in [0.15, 0.2) is 0 Å². The third-order valence-electron chi connectivity index (χ3n) is 3.58. The summed E-state index contributed by atoms with van der Waals surface area (Å²) in [6, 6.07) is -0.991. The van der Waals surface area contributed by atoms with Crippen LogP contribution >= 0.6 is 0 Å². The number of amides is 1. The minimum atomic E-state index is -1.10. The van der Waals surface area contributed by atoms with Crippen LogP contribution < -0.4 is 11.1 Å². The highest BCUT2D eigenvalue weighted by molar-refractivity contribution is 5.84. The van der Waals surface area contributed by atoms with Crippen molar-refractivity contribution in [2.24, 2.45) is 17.6 Å². The van der Waals surface area contributed by atoms with Crippen LogP contribution in [0.3, 0.4) is 0 Å². The zero-order valence-corrected chi connectivity index (χ0v) is 10.5. The Morgan fingerprint density at radius 1 is 1.28 bits per heavy atom. The lowest BCUT2D eigenvalue weighted by Crippen LogP contribution is -2.45. The Bertz CT molecular complexity index is 288. The van der Waals surface area contributed by atoms with Gasteiger partial charge in [-0.2, -0.15) is 0 Å². The Morgan fingerprint density at radius 2 is 1.89 bits per heavy atom. The molecule has 1 aliphatic rings. The molecular formula is C12H22N2O4. The van der Waals surface area contributed by atoms with Crippen LogP contribution in [0, 0.1) is 11.8 Å². The van der Waals surface area contributed by atoms with Gasteiger partial charge in [-0.3, -0.25) is 4.79 Å². The van der Waals surface area contributed by atoms with Gasteiger partial charge in [0, 0.05) is 18.9 Å². The molecule has 0 saturated heterocycles. The number of carboxylic acid groups (broad SMARTS) is 1. The molecule has 1 fully saturated rings. The first kappa shape index (κ1) is 14.9. The van der Waals surface area contributed by atoms with E-state index in [9.17, 15) is 9.59 Å². The van der Waals surface area contributed by atoms with Gasteiger partial charge in [-0.05, 0) is 38.1 Å². The second kappa shape index (κ2) is 7.33. The number of carbonyl (C=O) groups is 2. The van der Waals surface area contributed by atoms with E-state index in [4.69, 9.17) is 15.9 Å². The van der Waals surface area contributed by atoms with Crippen LogP contribution in [0.5, 0.6) is 0 Å². The van der Waals surface area contributed by atoms with E-state index < -0.39 is 12.0 Å². The van der Waals surface area contributed by atoms with E-state index in [0.29, 0.717) is 12.5 Å². The largest absolute Gasteiger partial charge is 0.480 e. The highest BCUT2D eigenvalue weighted by Gasteiger charge is 2.28. The lowest BCUT2D eigenvalue weighted by molar-refractivity contribution is -0.143. The van der Waals surface area contributed by atoms with Crippen molar-refractivity contribution in [1.82, 2.24) is 5.32 Å². The number of carboxylic acids is 1. The minimum absolute atomic E-state index is 0.0409. The van der Waals surface area contributed by atoms with Crippen LogP contribution in [0.15, 0.2) is 0 Å². The summed E-state index contributed by atoms with van der Waals surface area (Å²) in [5.74, 6) is -0.950. The maximum absolute atomic E-state index is 11.9. The van der Waals surface area contributed by atoms with Gasteiger partial charge in [0.05, 0.1) is 0 Å². The number of nitrogens with two attached hydrogens (primary N) is 1. The Morgan fingerprint density at radius 3 is 2.33 bits per heavy atom. The Hall–Kier alpha value is -1.14. The summed E-state index contributed by atoms with van der Waals surface area (Å²) in [6.07, 6.45) is 3.41. The Labute approximate surface area is 107 Å². The molecule has 0 unspecified atom stereocenters. The van der Waals surface area contributed by atoms with E-state index in [1.54, 1.807) is 0 Å². The summed E-state index contributed by atoms with van der Waals surface area (Å²) in [5.41, 5.74) is 5.58. The monoisotopic (exact) mass is 258 g/mol. The predicted molar refractivity (Wildman–Crippen MR) is 65.8 cm³/mol. The zero-order chi connectivity index (χ0) is 13.5. The van der Waals surface area contributed by atoms with Crippen LogP contribution in [0.4, 0.5) is 0 Å². The summed E-state index contributed by atoms with van der Waals surface area (Å²) in [7, 11) is 0. The molecule has 0 radical (unpaired) electrons. The lowest BCUT2D eigenvalue weighted by atomic mass is 9.81. The molecule has 0 spiro atoms. The number of aliphatic hydroxyl groups excluding tert-OH is 1. The molecule has 1 amide bonds. The third-order valence-corrected chi connectivity index (χ3v) is 3.58. The number of aliphatic carboxylic acids is 1. The van der Waals surface area contributed by atoms with Gasteiger partial charge in [-0.15, -0.1) is 0 Å². The molecule has 5 N–H and O–H groups in total. The summed E-state index contributed by atoms with van der Waals surface area (Å²) in [4.78, 5) is 22.8. The maximum atomic E-state index is 11.9. The smallest absolute Gasteiger partial charge is 0.326 e. The van der Waals surface area contributed by atoms with E-state index >= 15 is 0 Å². The standard InChI is InChI=1S/C12H22N2O4/c13-7-8-1-3-9(4-2-8)11(16)14-10(5-6-15)12(17)18/h8-10,15H,1-7,13H2,(H,14,16)(H,17,18)/t8?,9?,10-/m0/s1. The zero-order valence-electron chi connectivity index (χ0n) is 10.5. The van der Waals surface area contributed by atoms with Crippen LogP contribution in [0.1, 0.15) is 32.1 Å². The van der Waals surface area contributed by atoms with Crippen LogP contribution in [-0.4, -0.2) is 41.3 Å². The second-order valence-electron chi connectivity index (χ2n) is 4.87. The Kier molecular flexibility index (Phi) is 6.07. The molecule has 1 aliphatic carbocycles. The van der Waals surface area contributed by atoms with Crippen molar-refractivity contribution >= 4 is 11.9 Å². The van der Waals surface area contributed by atoms with Gasteiger partial charge in [0.2, 0.25) is 5.91 Å². The van der Waals surface area contributed by atoms with E-state index in [1.165, 1.54) is 0 Å². The number of hydrogen-bond acceptors (Lipinski definition) is 4. The number of aliphatic hydroxyl groups is 1. The van der Waals surface area contributed by atoms with Gasteiger partial charge in [0.25, 0.3) is 0 Å². The molecule has 6 nitrogen and oxygen atoms in total. The quantitative estimate of drug-likeness (QED) is 0.522. The third kappa shape index (κ3) is 4.27. The molecule has 0 aromatic carbocycles. The molecule has 18 heavy (non-hydrogen) atoms. The summed E-state index contributed by atoms with van der Waals surface area (Å²) in [6.45, 7) is 0.397. The minimum Gasteiger partial charge on any atom is -0.480 e. The molecule has 0 bridgehead atoms. The topological polar surface area (TPSA) is 113 Å². The molecule has 1 atom stereocenters. The fraction of sp³-hybridized carbons (Fsp3) is 0.833. The summed E-state index contributed by atoms with van der Waals surface area (Å²) >= 11 is 0. The van der Waals surface area contributed by atoms with E-state index in [2.05, 4.69) is 5.32 Å². The van der Waals surface area contributed by atoms with E-state index in [1.807, 2.05) is 0 Å². The van der Waals surface area contributed by atoms with Crippen molar-refractivity contribution in [3.63, 3.8) is 0 Å². The molecule has 0 aromatic heterocycles. The first-order valence-corrected chi connectivity index (χ1v) is 6.42. The Balaban J connectivity index is 2.42. The molecular weight excluding hydrogens is 236 g/mol. The van der Waals surface area contributed by atoms with Gasteiger partial charge >= 0.3 is 5.97 Å². The highest BCUT2D eigenvalue weighted by atomic mass is 16.4. The fourth-order valence-corrected chi connectivity index (χ4v) is 2.34. The number of hydrogen-bond donors (Lipinski definition) is 4. The summed E-state index contributed by atoms with van der Waals surface area (Å²) in [5, 5.41) is 20.1. The molecule has 0 aliphatic heterocycles. The SMILES string of the molecule is NCC1CCC(C(=O)N[C@@H](CCO)C(=O)O)CC1. The predicted octanol–water partition coefficient (Wildman–Crippen LogP) is -0.297. The van der Waals surface area contributed by atoms with Crippen molar-refractivity contribution in [2.75, 3.05) is 13.2 Å². The maximum Gasteiger partial charge on any atom is 0.326 e. The van der Waals surface area contributed by atoms with Crippen LogP contribution in [0.2, 0.25) is 0 Å². The van der Waals surface area contributed by atoms with Crippen LogP contribution in [-0.2, 0) is 9.59 Å². The molecule has 1 saturated carbocycles. The molecule has 104 valence electrons. The number of carbonyl (C=O) groups excluding carboxylic acids is 1.